The van der Waals surface area contributed by atoms with Crippen LogP contribution in [0.25, 0.3) is 0 Å². The molecule has 1 aromatic heterocycles. The molecule has 0 radical (unpaired) electrons. The van der Waals surface area contributed by atoms with Crippen LogP contribution in [0, 0.1) is 6.92 Å². The zero-order valence-electron chi connectivity index (χ0n) is 12.1. The number of halogens is 1. The normalized spacial score (nSPS) is 12.4. The lowest BCUT2D eigenvalue weighted by molar-refractivity contribution is 0.397. The molecule has 1 heterocycles. The second-order valence-electron chi connectivity index (χ2n) is 4.70. The molecule has 2 nitrogen and oxygen atoms in total. The Bertz CT molecular complexity index is 548. The molecule has 0 spiro atoms. The molecule has 0 saturated heterocycles. The van der Waals surface area contributed by atoms with Crippen molar-refractivity contribution in [3.8, 4) is 5.75 Å². The Balaban J connectivity index is 2.09. The molecular weight excluding hydrogens is 334 g/mol. The van der Waals surface area contributed by atoms with Gasteiger partial charge in [0.15, 0.2) is 0 Å². The highest BCUT2D eigenvalue weighted by molar-refractivity contribution is 9.10. The first kappa shape index (κ1) is 15.5. The maximum Gasteiger partial charge on any atom is 0.123 e. The lowest BCUT2D eigenvalue weighted by Crippen LogP contribution is -2.20. The van der Waals surface area contributed by atoms with Gasteiger partial charge >= 0.3 is 0 Å². The summed E-state index contributed by atoms with van der Waals surface area (Å²) < 4.78 is 6.66. The van der Waals surface area contributed by atoms with Crippen LogP contribution in [0.1, 0.15) is 34.7 Å². The molecule has 1 N–H and O–H groups in total. The Morgan fingerprint density at radius 1 is 1.35 bits per heavy atom. The number of benzene rings is 1. The van der Waals surface area contributed by atoms with Crippen molar-refractivity contribution in [2.45, 2.75) is 32.9 Å². The summed E-state index contributed by atoms with van der Waals surface area (Å²) in [6, 6.07) is 10.7. The molecule has 0 aliphatic heterocycles. The van der Waals surface area contributed by atoms with Crippen LogP contribution in [-0.4, -0.2) is 7.11 Å². The lowest BCUT2D eigenvalue weighted by atomic mass is 10.0. The summed E-state index contributed by atoms with van der Waals surface area (Å²) in [6.07, 6.45) is 1.03. The van der Waals surface area contributed by atoms with E-state index in [1.165, 1.54) is 19.8 Å². The van der Waals surface area contributed by atoms with E-state index < -0.39 is 0 Å². The molecule has 0 aliphatic carbocycles. The molecule has 2 aromatic rings. The monoisotopic (exact) mass is 353 g/mol. The zero-order chi connectivity index (χ0) is 14.5. The summed E-state index contributed by atoms with van der Waals surface area (Å²) in [4.78, 5) is 2.68. The quantitative estimate of drug-likeness (QED) is 0.782. The van der Waals surface area contributed by atoms with E-state index in [-0.39, 0.29) is 0 Å². The van der Waals surface area contributed by atoms with Gasteiger partial charge in [0.1, 0.15) is 5.75 Å². The zero-order valence-corrected chi connectivity index (χ0v) is 14.5. The molecule has 0 fully saturated rings. The maximum atomic E-state index is 5.46. The number of nitrogens with one attached hydrogen (secondary N) is 1. The van der Waals surface area contributed by atoms with Gasteiger partial charge in [-0.25, -0.2) is 0 Å². The van der Waals surface area contributed by atoms with Crippen molar-refractivity contribution in [1.82, 2.24) is 5.32 Å². The van der Waals surface area contributed by atoms with Gasteiger partial charge in [-0.1, -0.05) is 25.1 Å². The van der Waals surface area contributed by atoms with Crippen molar-refractivity contribution >= 4 is 27.3 Å². The van der Waals surface area contributed by atoms with Crippen LogP contribution >= 0.6 is 27.3 Å². The molecular formula is C16H20BrNOS. The molecule has 0 aliphatic rings. The predicted octanol–water partition coefficient (Wildman–Crippen LogP) is 5.07. The highest BCUT2D eigenvalue weighted by Gasteiger charge is 2.14. The summed E-state index contributed by atoms with van der Waals surface area (Å²) in [6.45, 7) is 5.21. The third-order valence-electron chi connectivity index (χ3n) is 3.35. The molecule has 2 rings (SSSR count). The topological polar surface area (TPSA) is 21.3 Å². The van der Waals surface area contributed by atoms with Crippen LogP contribution in [0.3, 0.4) is 0 Å². The van der Waals surface area contributed by atoms with E-state index in [9.17, 15) is 0 Å². The number of para-hydroxylation sites is 1. The molecule has 1 aromatic carbocycles. The largest absolute Gasteiger partial charge is 0.496 e. The summed E-state index contributed by atoms with van der Waals surface area (Å²) in [5.74, 6) is 0.954. The molecule has 1 atom stereocenters. The van der Waals surface area contributed by atoms with E-state index in [2.05, 4.69) is 53.3 Å². The van der Waals surface area contributed by atoms with Crippen LogP contribution in [-0.2, 0) is 6.54 Å². The number of thiophene rings is 1. The average Bonchev–Trinajstić information content (AvgIpc) is 2.79. The van der Waals surface area contributed by atoms with Crippen molar-refractivity contribution in [3.05, 3.63) is 50.1 Å². The van der Waals surface area contributed by atoms with Gasteiger partial charge in [0.05, 0.1) is 7.11 Å². The van der Waals surface area contributed by atoms with Crippen LogP contribution in [0.15, 0.2) is 34.8 Å². The van der Waals surface area contributed by atoms with E-state index in [4.69, 9.17) is 4.74 Å². The minimum Gasteiger partial charge on any atom is -0.496 e. The van der Waals surface area contributed by atoms with Gasteiger partial charge in [0.25, 0.3) is 0 Å². The molecule has 4 heteroatoms. The molecule has 108 valence electrons. The Hall–Kier alpha value is -0.840. The first-order chi connectivity index (χ1) is 9.65. The van der Waals surface area contributed by atoms with Crippen molar-refractivity contribution in [3.63, 3.8) is 0 Å². The standard InChI is InChI=1S/C16H20BrNOS/c1-4-15(13-7-5-6-8-16(13)19-3)18-10-12-9-14(17)11(2)20-12/h5-9,15,18H,4,10H2,1-3H3. The maximum absolute atomic E-state index is 5.46. The number of hydrogen-bond donors (Lipinski definition) is 1. The Morgan fingerprint density at radius 2 is 2.10 bits per heavy atom. The van der Waals surface area contributed by atoms with Gasteiger partial charge < -0.3 is 10.1 Å². The fourth-order valence-electron chi connectivity index (χ4n) is 2.26. The first-order valence-electron chi connectivity index (χ1n) is 6.76. The van der Waals surface area contributed by atoms with Gasteiger partial charge in [-0.15, -0.1) is 11.3 Å². The van der Waals surface area contributed by atoms with Gasteiger partial charge in [-0.2, -0.15) is 0 Å². The second-order valence-corrected chi connectivity index (χ2v) is 6.90. The highest BCUT2D eigenvalue weighted by atomic mass is 79.9. The van der Waals surface area contributed by atoms with Crippen LogP contribution in [0.5, 0.6) is 5.75 Å². The van der Waals surface area contributed by atoms with Crippen LogP contribution in [0.4, 0.5) is 0 Å². The number of rotatable bonds is 6. The SMILES string of the molecule is CCC(NCc1cc(Br)c(C)s1)c1ccccc1OC. The smallest absolute Gasteiger partial charge is 0.123 e. The minimum absolute atomic E-state index is 0.312. The molecule has 0 saturated carbocycles. The van der Waals surface area contributed by atoms with Crippen molar-refractivity contribution in [2.24, 2.45) is 0 Å². The number of aryl methyl sites for hydroxylation is 1. The van der Waals surface area contributed by atoms with E-state index in [1.54, 1.807) is 7.11 Å². The summed E-state index contributed by atoms with van der Waals surface area (Å²) in [5.41, 5.74) is 1.23. The minimum atomic E-state index is 0.312. The summed E-state index contributed by atoms with van der Waals surface area (Å²) >= 11 is 5.40. The summed E-state index contributed by atoms with van der Waals surface area (Å²) in [7, 11) is 1.73. The Kier molecular flexibility index (Phi) is 5.64. The van der Waals surface area contributed by atoms with E-state index >= 15 is 0 Å². The average molecular weight is 354 g/mol. The van der Waals surface area contributed by atoms with Crippen molar-refractivity contribution in [1.29, 1.82) is 0 Å². The Morgan fingerprint density at radius 3 is 2.70 bits per heavy atom. The van der Waals surface area contributed by atoms with E-state index in [1.807, 2.05) is 23.5 Å². The molecule has 20 heavy (non-hydrogen) atoms. The van der Waals surface area contributed by atoms with Gasteiger partial charge in [0, 0.05) is 32.4 Å². The van der Waals surface area contributed by atoms with Crippen LogP contribution in [0.2, 0.25) is 0 Å². The number of ether oxygens (including phenoxy) is 1. The van der Waals surface area contributed by atoms with Crippen molar-refractivity contribution in [2.75, 3.05) is 7.11 Å². The number of hydrogen-bond acceptors (Lipinski definition) is 3. The number of methoxy groups -OCH3 is 1. The fraction of sp³-hybridized carbons (Fsp3) is 0.375. The molecule has 0 bridgehead atoms. The summed E-state index contributed by atoms with van der Waals surface area (Å²) in [5, 5.41) is 3.63. The van der Waals surface area contributed by atoms with Gasteiger partial charge in [-0.3, -0.25) is 0 Å². The first-order valence-corrected chi connectivity index (χ1v) is 8.37. The predicted molar refractivity (Wildman–Crippen MR) is 89.6 cm³/mol. The van der Waals surface area contributed by atoms with Crippen molar-refractivity contribution < 1.29 is 4.74 Å². The fourth-order valence-corrected chi connectivity index (χ4v) is 3.81. The highest BCUT2D eigenvalue weighted by Crippen LogP contribution is 2.29. The van der Waals surface area contributed by atoms with Gasteiger partial charge in [-0.05, 0) is 41.4 Å². The molecule has 0 amide bonds. The van der Waals surface area contributed by atoms with Gasteiger partial charge in [0.2, 0.25) is 0 Å². The second kappa shape index (κ2) is 7.25. The van der Waals surface area contributed by atoms with E-state index in [0.29, 0.717) is 6.04 Å². The lowest BCUT2D eigenvalue weighted by Gasteiger charge is -2.19. The third kappa shape index (κ3) is 3.62. The Labute approximate surface area is 133 Å². The van der Waals surface area contributed by atoms with E-state index in [0.717, 1.165) is 18.7 Å². The third-order valence-corrected chi connectivity index (χ3v) is 5.49. The molecule has 1 unspecified atom stereocenters. The van der Waals surface area contributed by atoms with Crippen LogP contribution < -0.4 is 10.1 Å².